The maximum atomic E-state index is 5.26. The Morgan fingerprint density at radius 2 is 1.27 bits per heavy atom. The van der Waals surface area contributed by atoms with Crippen molar-refractivity contribution >= 4 is 0 Å². The minimum Gasteiger partial charge on any atom is -0.218 e. The molecule has 0 spiro atoms. The van der Waals surface area contributed by atoms with Crippen molar-refractivity contribution in [2.45, 2.75) is 34.6 Å². The molecule has 1 aromatic heterocycles. The van der Waals surface area contributed by atoms with Gasteiger partial charge in [0.1, 0.15) is 0 Å². The van der Waals surface area contributed by atoms with Crippen LogP contribution in [-0.4, -0.2) is 0 Å². The third-order valence-corrected chi connectivity index (χ3v) is 1.18. The Kier molecular flexibility index (Phi) is 4.51. The summed E-state index contributed by atoms with van der Waals surface area (Å²) in [5.74, 6) is 1.96. The van der Waals surface area contributed by atoms with Gasteiger partial charge in [0.25, 0.3) is 0 Å². The molecule has 1 heteroatoms. The van der Waals surface area contributed by atoms with Crippen molar-refractivity contribution in [2.75, 3.05) is 0 Å². The quantitative estimate of drug-likeness (QED) is 0.519. The smallest absolute Gasteiger partial charge is 0.218 e. The molecule has 1 rings (SSSR count). The van der Waals surface area contributed by atoms with Crippen LogP contribution >= 0.6 is 0 Å². The second-order valence-electron chi connectivity index (χ2n) is 2.36. The third kappa shape index (κ3) is 3.76. The summed E-state index contributed by atoms with van der Waals surface area (Å²) in [6.07, 6.45) is 0. The van der Waals surface area contributed by atoms with Gasteiger partial charge >= 0.3 is 11.5 Å². The van der Waals surface area contributed by atoms with Crippen LogP contribution in [0.2, 0.25) is 0 Å². The molecule has 0 saturated carbocycles. The van der Waals surface area contributed by atoms with E-state index in [-0.39, 0.29) is 0 Å². The molecule has 1 heterocycles. The topological polar surface area (TPSA) is 11.3 Å². The maximum absolute atomic E-state index is 5.26. The van der Waals surface area contributed by atoms with Crippen molar-refractivity contribution in [1.82, 2.24) is 0 Å². The molecule has 0 fully saturated rings. The molecule has 0 radical (unpaired) electrons. The van der Waals surface area contributed by atoms with Crippen molar-refractivity contribution in [2.24, 2.45) is 0 Å². The van der Waals surface area contributed by atoms with Crippen LogP contribution in [-0.2, 0) is 0 Å². The van der Waals surface area contributed by atoms with Crippen LogP contribution in [0.15, 0.2) is 16.5 Å². The van der Waals surface area contributed by atoms with E-state index in [4.69, 9.17) is 4.42 Å². The van der Waals surface area contributed by atoms with Gasteiger partial charge in [-0.15, -0.1) is 0 Å². The van der Waals surface area contributed by atoms with Crippen LogP contribution in [0.4, 0.5) is 0 Å². The van der Waals surface area contributed by atoms with E-state index < -0.39 is 0 Å². The molecule has 0 aliphatic rings. The summed E-state index contributed by atoms with van der Waals surface area (Å²) in [5, 5.41) is 0. The lowest BCUT2D eigenvalue weighted by Crippen LogP contribution is -1.78. The number of rotatable bonds is 0. The first kappa shape index (κ1) is 10.2. The third-order valence-electron chi connectivity index (χ3n) is 1.18. The van der Waals surface area contributed by atoms with Crippen LogP contribution in [0, 0.1) is 20.8 Å². The highest BCUT2D eigenvalue weighted by Gasteiger charge is 2.03. The Morgan fingerprint density at radius 3 is 1.55 bits per heavy atom. The SMILES string of the molecule is CC.Cc1cc(C)[o+]c(C)c1. The van der Waals surface area contributed by atoms with Crippen molar-refractivity contribution in [3.63, 3.8) is 0 Å². The largest absolute Gasteiger partial charge is 0.326 e. The van der Waals surface area contributed by atoms with E-state index in [0.29, 0.717) is 0 Å². The van der Waals surface area contributed by atoms with Gasteiger partial charge in [-0.2, -0.15) is 0 Å². The fourth-order valence-corrected chi connectivity index (χ4v) is 0.996. The molecule has 0 atom stereocenters. The standard InChI is InChI=1S/C8H11O.C2H6/c1-6-4-7(2)9-8(3)5-6;1-2/h4-5H,1-3H3;1-2H3/q+1;. The van der Waals surface area contributed by atoms with E-state index in [1.165, 1.54) is 5.56 Å². The summed E-state index contributed by atoms with van der Waals surface area (Å²) >= 11 is 0. The van der Waals surface area contributed by atoms with Crippen LogP contribution in [0.5, 0.6) is 0 Å². The van der Waals surface area contributed by atoms with Gasteiger partial charge in [-0.25, -0.2) is 4.42 Å². The summed E-state index contributed by atoms with van der Waals surface area (Å²) < 4.78 is 5.26. The normalized spacial score (nSPS) is 8.45. The maximum Gasteiger partial charge on any atom is 0.326 e. The first-order valence-corrected chi connectivity index (χ1v) is 4.06. The van der Waals surface area contributed by atoms with Gasteiger partial charge in [0, 0.05) is 12.1 Å². The highest BCUT2D eigenvalue weighted by Crippen LogP contribution is 2.06. The zero-order valence-corrected chi connectivity index (χ0v) is 8.06. The van der Waals surface area contributed by atoms with E-state index in [2.05, 4.69) is 6.92 Å². The monoisotopic (exact) mass is 153 g/mol. The highest BCUT2D eigenvalue weighted by molar-refractivity contribution is 5.14. The average Bonchev–Trinajstić information content (AvgIpc) is 1.88. The molecule has 1 nitrogen and oxygen atoms in total. The van der Waals surface area contributed by atoms with E-state index in [0.717, 1.165) is 11.5 Å². The summed E-state index contributed by atoms with van der Waals surface area (Å²) in [7, 11) is 0. The Labute approximate surface area is 69.1 Å². The fraction of sp³-hybridized carbons (Fsp3) is 0.500. The molecule has 0 bridgehead atoms. The molecule has 11 heavy (non-hydrogen) atoms. The van der Waals surface area contributed by atoms with Gasteiger partial charge in [0.2, 0.25) is 0 Å². The van der Waals surface area contributed by atoms with Gasteiger partial charge in [-0.1, -0.05) is 13.8 Å². The average molecular weight is 153 g/mol. The Morgan fingerprint density at radius 1 is 0.909 bits per heavy atom. The zero-order chi connectivity index (χ0) is 8.85. The lowest BCUT2D eigenvalue weighted by Gasteiger charge is -1.84. The number of aryl methyl sites for hydroxylation is 3. The Hall–Kier alpha value is -0.850. The van der Waals surface area contributed by atoms with Crippen molar-refractivity contribution in [3.05, 3.63) is 29.2 Å². The number of hydrogen-bond donors (Lipinski definition) is 0. The number of hydrogen-bond acceptors (Lipinski definition) is 0. The summed E-state index contributed by atoms with van der Waals surface area (Å²) in [5.41, 5.74) is 1.26. The van der Waals surface area contributed by atoms with Crippen LogP contribution < -0.4 is 0 Å². The Balaban J connectivity index is 0.000000461. The van der Waals surface area contributed by atoms with Crippen LogP contribution in [0.25, 0.3) is 0 Å². The van der Waals surface area contributed by atoms with Gasteiger partial charge in [-0.3, -0.25) is 0 Å². The fourth-order valence-electron chi connectivity index (χ4n) is 0.996. The first-order valence-electron chi connectivity index (χ1n) is 4.06. The second-order valence-corrected chi connectivity index (χ2v) is 2.36. The van der Waals surface area contributed by atoms with Crippen molar-refractivity contribution in [1.29, 1.82) is 0 Å². The minimum absolute atomic E-state index is 0.979. The minimum atomic E-state index is 0.979. The predicted octanol–water partition coefficient (Wildman–Crippen LogP) is 3.51. The summed E-state index contributed by atoms with van der Waals surface area (Å²) in [6, 6.07) is 4.04. The summed E-state index contributed by atoms with van der Waals surface area (Å²) in [4.78, 5) is 0. The molecule has 0 N–H and O–H groups in total. The molecule has 0 aliphatic carbocycles. The molecular weight excluding hydrogens is 136 g/mol. The molecule has 0 aliphatic heterocycles. The molecular formula is C10H17O+. The predicted molar refractivity (Wildman–Crippen MR) is 48.7 cm³/mol. The summed E-state index contributed by atoms with van der Waals surface area (Å²) in [6.45, 7) is 9.98. The molecule has 1 aromatic rings. The molecule has 0 amide bonds. The Bertz CT molecular complexity index is 166. The second kappa shape index (κ2) is 4.89. The van der Waals surface area contributed by atoms with Gasteiger partial charge in [0.15, 0.2) is 0 Å². The van der Waals surface area contributed by atoms with E-state index >= 15 is 0 Å². The molecule has 62 valence electrons. The van der Waals surface area contributed by atoms with Gasteiger partial charge in [-0.05, 0) is 12.5 Å². The van der Waals surface area contributed by atoms with Gasteiger partial charge < -0.3 is 0 Å². The van der Waals surface area contributed by atoms with E-state index in [1.54, 1.807) is 0 Å². The highest BCUT2D eigenvalue weighted by atomic mass is 16.3. The lowest BCUT2D eigenvalue weighted by atomic mass is 10.2. The zero-order valence-electron chi connectivity index (χ0n) is 8.06. The van der Waals surface area contributed by atoms with Crippen molar-refractivity contribution < 1.29 is 4.42 Å². The van der Waals surface area contributed by atoms with Crippen LogP contribution in [0.1, 0.15) is 30.9 Å². The van der Waals surface area contributed by atoms with Crippen LogP contribution in [0.3, 0.4) is 0 Å². The van der Waals surface area contributed by atoms with Crippen molar-refractivity contribution in [3.8, 4) is 0 Å². The molecule has 0 aromatic carbocycles. The lowest BCUT2D eigenvalue weighted by molar-refractivity contribution is 0.484. The first-order chi connectivity index (χ1) is 5.18. The molecule has 0 unspecified atom stereocenters. The molecule has 0 saturated heterocycles. The van der Waals surface area contributed by atoms with Gasteiger partial charge in [0.05, 0.1) is 13.8 Å². The van der Waals surface area contributed by atoms with E-state index in [1.807, 2.05) is 39.8 Å². The van der Waals surface area contributed by atoms with E-state index in [9.17, 15) is 0 Å².